The molecule has 0 atom stereocenters. The van der Waals surface area contributed by atoms with Crippen LogP contribution in [0.15, 0.2) is 36.8 Å². The van der Waals surface area contributed by atoms with Gasteiger partial charge in [-0.2, -0.15) is 0 Å². The average Bonchev–Trinajstić information content (AvgIpc) is 2.94. The second-order valence-corrected chi connectivity index (χ2v) is 6.27. The van der Waals surface area contributed by atoms with Gasteiger partial charge >= 0.3 is 7.12 Å². The molecule has 0 aliphatic carbocycles. The van der Waals surface area contributed by atoms with E-state index in [2.05, 4.69) is 4.98 Å². The average molecular weight is 288 g/mol. The van der Waals surface area contributed by atoms with Crippen LogP contribution in [0.1, 0.15) is 27.7 Å². The molecule has 0 saturated carbocycles. The van der Waals surface area contributed by atoms with E-state index in [4.69, 9.17) is 9.31 Å². The van der Waals surface area contributed by atoms with Crippen LogP contribution < -0.4 is 5.59 Å². The van der Waals surface area contributed by atoms with E-state index in [1.54, 1.807) is 18.5 Å². The van der Waals surface area contributed by atoms with Crippen molar-refractivity contribution >= 4 is 12.7 Å². The highest BCUT2D eigenvalue weighted by molar-refractivity contribution is 6.61. The maximum atomic E-state index is 13.0. The van der Waals surface area contributed by atoms with Crippen LogP contribution in [0.25, 0.3) is 5.69 Å². The highest BCUT2D eigenvalue weighted by Gasteiger charge is 2.52. The summed E-state index contributed by atoms with van der Waals surface area (Å²) >= 11 is 0. The van der Waals surface area contributed by atoms with E-state index >= 15 is 0 Å². The number of imidazole rings is 1. The molecule has 0 radical (unpaired) electrons. The lowest BCUT2D eigenvalue weighted by Crippen LogP contribution is -2.41. The van der Waals surface area contributed by atoms with Crippen LogP contribution >= 0.6 is 0 Å². The van der Waals surface area contributed by atoms with Crippen molar-refractivity contribution in [2.75, 3.05) is 0 Å². The molecule has 0 unspecified atom stereocenters. The minimum Gasteiger partial charge on any atom is -0.398 e. The van der Waals surface area contributed by atoms with E-state index in [9.17, 15) is 4.39 Å². The molecule has 2 aromatic rings. The fourth-order valence-electron chi connectivity index (χ4n) is 2.18. The smallest absolute Gasteiger partial charge is 0.398 e. The summed E-state index contributed by atoms with van der Waals surface area (Å²) in [5.74, 6) is -0.259. The number of benzene rings is 1. The molecule has 0 bridgehead atoms. The largest absolute Gasteiger partial charge is 0.516 e. The molecule has 0 amide bonds. The van der Waals surface area contributed by atoms with Gasteiger partial charge in [0.15, 0.2) is 0 Å². The number of nitrogens with zero attached hydrogens (tertiary/aromatic N) is 2. The van der Waals surface area contributed by atoms with Crippen molar-refractivity contribution in [1.82, 2.24) is 9.55 Å². The van der Waals surface area contributed by atoms with Crippen LogP contribution in [0.2, 0.25) is 0 Å². The summed E-state index contributed by atoms with van der Waals surface area (Å²) in [6, 6.07) is 6.24. The number of hydrogen-bond acceptors (Lipinski definition) is 3. The summed E-state index contributed by atoms with van der Waals surface area (Å²) in [4.78, 5) is 4.35. The van der Waals surface area contributed by atoms with E-state index in [1.165, 1.54) is 12.1 Å². The Bertz CT molecular complexity index is 636. The van der Waals surface area contributed by atoms with Crippen molar-refractivity contribution in [3.8, 4) is 5.69 Å². The predicted octanol–water partition coefficient (Wildman–Crippen LogP) is 2.31. The lowest BCUT2D eigenvalue weighted by molar-refractivity contribution is 0.00578. The standard InChI is InChI=1S/C15H18BFN2O2/c1-14(2)15(3,4)21-16(20-14)13-9-19(10-18-13)12-7-5-11(17)6-8-12/h5-10H,1-4H3. The van der Waals surface area contributed by atoms with Gasteiger partial charge in [0.05, 0.1) is 23.1 Å². The molecule has 0 N–H and O–H groups in total. The summed E-state index contributed by atoms with van der Waals surface area (Å²) in [5.41, 5.74) is 0.763. The molecule has 1 aliphatic heterocycles. The van der Waals surface area contributed by atoms with Crippen LogP contribution in [0.4, 0.5) is 4.39 Å². The Kier molecular flexibility index (Phi) is 3.18. The highest BCUT2D eigenvalue weighted by Crippen LogP contribution is 2.36. The van der Waals surface area contributed by atoms with Crippen LogP contribution in [0.3, 0.4) is 0 Å². The first-order valence-electron chi connectivity index (χ1n) is 6.94. The molecule has 1 fully saturated rings. The molecule has 2 heterocycles. The summed E-state index contributed by atoms with van der Waals surface area (Å²) in [6.45, 7) is 8.02. The van der Waals surface area contributed by atoms with E-state index < -0.39 is 18.3 Å². The fraction of sp³-hybridized carbons (Fsp3) is 0.400. The van der Waals surface area contributed by atoms with Gasteiger partial charge in [-0.3, -0.25) is 0 Å². The first kappa shape index (κ1) is 14.3. The molecule has 110 valence electrons. The molecule has 4 nitrogen and oxygen atoms in total. The molecule has 21 heavy (non-hydrogen) atoms. The van der Waals surface area contributed by atoms with Crippen LogP contribution in [-0.4, -0.2) is 27.9 Å². The normalized spacial score (nSPS) is 20.0. The Balaban J connectivity index is 1.85. The molecule has 0 spiro atoms. The van der Waals surface area contributed by atoms with Crippen molar-refractivity contribution in [3.63, 3.8) is 0 Å². The summed E-state index contributed by atoms with van der Waals surface area (Å²) in [7, 11) is -0.489. The van der Waals surface area contributed by atoms with Crippen molar-refractivity contribution in [2.24, 2.45) is 0 Å². The topological polar surface area (TPSA) is 36.3 Å². The zero-order valence-corrected chi connectivity index (χ0v) is 12.6. The summed E-state index contributed by atoms with van der Waals surface area (Å²) in [5, 5.41) is 0. The number of hydrogen-bond donors (Lipinski definition) is 0. The number of aromatic nitrogens is 2. The molecule has 1 aromatic carbocycles. The maximum absolute atomic E-state index is 13.0. The minimum absolute atomic E-state index is 0.259. The van der Waals surface area contributed by atoms with Gasteiger partial charge in [-0.1, -0.05) is 0 Å². The molecule has 1 saturated heterocycles. The van der Waals surface area contributed by atoms with Gasteiger partial charge in [-0.15, -0.1) is 0 Å². The number of halogens is 1. The van der Waals surface area contributed by atoms with Crippen molar-refractivity contribution < 1.29 is 13.7 Å². The Morgan fingerprint density at radius 3 is 2.19 bits per heavy atom. The van der Waals surface area contributed by atoms with Gasteiger partial charge in [0.25, 0.3) is 0 Å². The van der Waals surface area contributed by atoms with Crippen molar-refractivity contribution in [1.29, 1.82) is 0 Å². The van der Waals surface area contributed by atoms with Gasteiger partial charge in [0.1, 0.15) is 5.82 Å². The first-order chi connectivity index (χ1) is 9.78. The van der Waals surface area contributed by atoms with Crippen molar-refractivity contribution in [2.45, 2.75) is 38.9 Å². The van der Waals surface area contributed by atoms with Gasteiger partial charge in [-0.05, 0) is 52.0 Å². The van der Waals surface area contributed by atoms with Crippen LogP contribution in [0, 0.1) is 5.82 Å². The van der Waals surface area contributed by atoms with Gasteiger partial charge in [-0.25, -0.2) is 9.37 Å². The Morgan fingerprint density at radius 2 is 1.62 bits per heavy atom. The third kappa shape index (κ3) is 2.49. The Labute approximate surface area is 124 Å². The SMILES string of the molecule is CC1(C)OB(c2cn(-c3ccc(F)cc3)cn2)OC1(C)C. The van der Waals surface area contributed by atoms with Crippen LogP contribution in [0.5, 0.6) is 0 Å². The Morgan fingerprint density at radius 1 is 1.05 bits per heavy atom. The van der Waals surface area contributed by atoms with Gasteiger partial charge in [0.2, 0.25) is 0 Å². The fourth-order valence-corrected chi connectivity index (χ4v) is 2.18. The molecular formula is C15H18BFN2O2. The number of rotatable bonds is 2. The van der Waals surface area contributed by atoms with E-state index in [0.717, 1.165) is 5.69 Å². The van der Waals surface area contributed by atoms with Gasteiger partial charge in [0, 0.05) is 11.9 Å². The minimum atomic E-state index is -0.489. The van der Waals surface area contributed by atoms with E-state index in [0.29, 0.717) is 5.59 Å². The second kappa shape index (κ2) is 4.68. The van der Waals surface area contributed by atoms with Crippen molar-refractivity contribution in [3.05, 3.63) is 42.6 Å². The first-order valence-corrected chi connectivity index (χ1v) is 6.94. The lowest BCUT2D eigenvalue weighted by Gasteiger charge is -2.32. The van der Waals surface area contributed by atoms with E-state index in [-0.39, 0.29) is 5.82 Å². The summed E-state index contributed by atoms with van der Waals surface area (Å²) < 4.78 is 26.7. The zero-order chi connectivity index (χ0) is 15.3. The summed E-state index contributed by atoms with van der Waals surface area (Å²) in [6.07, 6.45) is 3.52. The predicted molar refractivity (Wildman–Crippen MR) is 79.2 cm³/mol. The Hall–Kier alpha value is -1.66. The maximum Gasteiger partial charge on any atom is 0.516 e. The molecule has 1 aromatic heterocycles. The van der Waals surface area contributed by atoms with Crippen LogP contribution in [-0.2, 0) is 9.31 Å². The molecule has 3 rings (SSSR count). The van der Waals surface area contributed by atoms with Gasteiger partial charge < -0.3 is 13.9 Å². The monoisotopic (exact) mass is 288 g/mol. The molecular weight excluding hydrogens is 270 g/mol. The third-order valence-electron chi connectivity index (χ3n) is 4.22. The third-order valence-corrected chi connectivity index (χ3v) is 4.22. The molecule has 6 heteroatoms. The highest BCUT2D eigenvalue weighted by atomic mass is 19.1. The zero-order valence-electron chi connectivity index (χ0n) is 12.6. The molecule has 1 aliphatic rings. The quantitative estimate of drug-likeness (QED) is 0.796. The van der Waals surface area contributed by atoms with E-state index in [1.807, 2.05) is 38.5 Å². The second-order valence-electron chi connectivity index (χ2n) is 6.27. The lowest BCUT2D eigenvalue weighted by atomic mass is 9.86.